The van der Waals surface area contributed by atoms with Gasteiger partial charge in [-0.1, -0.05) is 13.0 Å². The number of aryl methyl sites for hydroxylation is 1. The van der Waals surface area contributed by atoms with Gasteiger partial charge in [-0.2, -0.15) is 0 Å². The number of tetrazole rings is 1. The monoisotopic (exact) mass is 513 g/mol. The molecule has 11 nitrogen and oxygen atoms in total. The maximum absolute atomic E-state index is 13.5. The van der Waals surface area contributed by atoms with Gasteiger partial charge in [0.25, 0.3) is 11.5 Å². The van der Waals surface area contributed by atoms with Crippen LogP contribution in [-0.4, -0.2) is 67.1 Å². The Kier molecular flexibility index (Phi) is 6.34. The Labute approximate surface area is 217 Å². The van der Waals surface area contributed by atoms with Gasteiger partial charge in [0, 0.05) is 37.3 Å². The zero-order valence-electron chi connectivity index (χ0n) is 20.9. The van der Waals surface area contributed by atoms with Gasteiger partial charge in [-0.05, 0) is 70.3 Å². The number of carbonyl (C=O) groups excluding carboxylic acids is 1. The van der Waals surface area contributed by atoms with Crippen LogP contribution in [0.2, 0.25) is 0 Å². The summed E-state index contributed by atoms with van der Waals surface area (Å²) in [6.07, 6.45) is 3.99. The molecular weight excluding hydrogens is 486 g/mol. The van der Waals surface area contributed by atoms with Gasteiger partial charge in [0.05, 0.1) is 12.5 Å². The van der Waals surface area contributed by atoms with Crippen LogP contribution in [0, 0.1) is 0 Å². The van der Waals surface area contributed by atoms with Gasteiger partial charge in [0.2, 0.25) is 0 Å². The molecule has 38 heavy (non-hydrogen) atoms. The van der Waals surface area contributed by atoms with Crippen LogP contribution in [0.5, 0.6) is 0 Å². The topological polar surface area (TPSA) is 126 Å². The smallest absolute Gasteiger partial charge is 0.289 e. The Morgan fingerprint density at radius 3 is 2.61 bits per heavy atom. The van der Waals surface area contributed by atoms with Crippen molar-refractivity contribution in [3.05, 3.63) is 99.9 Å². The summed E-state index contributed by atoms with van der Waals surface area (Å²) < 4.78 is 12.5. The number of hydrogen-bond acceptors (Lipinski definition) is 8. The lowest BCUT2D eigenvalue weighted by atomic mass is 10.0. The molecule has 1 aromatic carbocycles. The van der Waals surface area contributed by atoms with Crippen LogP contribution in [0.3, 0.4) is 0 Å². The molecule has 11 heteroatoms. The molecule has 0 radical (unpaired) electrons. The number of carbonyl (C=O) groups is 1. The maximum atomic E-state index is 13.5. The molecule has 194 valence electrons. The molecule has 1 fully saturated rings. The van der Waals surface area contributed by atoms with Crippen LogP contribution >= 0.6 is 0 Å². The first-order chi connectivity index (χ1) is 18.6. The van der Waals surface area contributed by atoms with Gasteiger partial charge in [-0.25, -0.2) is 4.68 Å². The fourth-order valence-corrected chi connectivity index (χ4v) is 5.00. The average Bonchev–Trinajstić information content (AvgIpc) is 3.74. The van der Waals surface area contributed by atoms with Gasteiger partial charge in [-0.3, -0.25) is 14.5 Å². The van der Waals surface area contributed by atoms with Gasteiger partial charge >= 0.3 is 0 Å². The van der Waals surface area contributed by atoms with E-state index in [1.54, 1.807) is 28.0 Å². The first kappa shape index (κ1) is 23.9. The predicted molar refractivity (Wildman–Crippen MR) is 138 cm³/mol. The van der Waals surface area contributed by atoms with E-state index in [-0.39, 0.29) is 11.5 Å². The van der Waals surface area contributed by atoms with E-state index in [0.717, 1.165) is 17.3 Å². The standard InChI is InChI=1S/C27H27N7O4/c1-2-18-7-8-22-19(15-18)16-21(26(35)28-22)24(25-29-30-31-34(25)17-20-5-3-13-37-20)32-9-11-33(12-10-32)27(36)23-6-4-14-38-23/h3-8,13-16,24H,2,9-12,17H2,1H3,(H,28,35)/t24-/m0/s1. The van der Waals surface area contributed by atoms with Crippen LogP contribution in [0.25, 0.3) is 10.9 Å². The molecule has 1 atom stereocenters. The molecule has 1 aliphatic heterocycles. The van der Waals surface area contributed by atoms with E-state index in [0.29, 0.717) is 55.6 Å². The van der Waals surface area contributed by atoms with E-state index in [1.807, 2.05) is 30.3 Å². The van der Waals surface area contributed by atoms with Crippen molar-refractivity contribution in [1.29, 1.82) is 0 Å². The van der Waals surface area contributed by atoms with Crippen LogP contribution in [0.15, 0.2) is 74.7 Å². The predicted octanol–water partition coefficient (Wildman–Crippen LogP) is 2.86. The van der Waals surface area contributed by atoms with E-state index < -0.39 is 6.04 Å². The highest BCUT2D eigenvalue weighted by molar-refractivity contribution is 5.91. The fraction of sp³-hybridized carbons (Fsp3) is 0.296. The van der Waals surface area contributed by atoms with Crippen LogP contribution in [0.4, 0.5) is 0 Å². The molecule has 4 aromatic heterocycles. The van der Waals surface area contributed by atoms with Gasteiger partial charge in [0.1, 0.15) is 18.3 Å². The van der Waals surface area contributed by atoms with Gasteiger partial charge in [0.15, 0.2) is 11.6 Å². The minimum atomic E-state index is -0.528. The third-order valence-electron chi connectivity index (χ3n) is 7.03. The summed E-state index contributed by atoms with van der Waals surface area (Å²) in [5.41, 5.74) is 2.30. The highest BCUT2D eigenvalue weighted by Crippen LogP contribution is 2.29. The van der Waals surface area contributed by atoms with Crippen molar-refractivity contribution < 1.29 is 13.6 Å². The van der Waals surface area contributed by atoms with Crippen LogP contribution < -0.4 is 5.56 Å². The van der Waals surface area contributed by atoms with E-state index in [4.69, 9.17) is 8.83 Å². The molecule has 0 unspecified atom stereocenters. The van der Waals surface area contributed by atoms with Crippen molar-refractivity contribution in [1.82, 2.24) is 35.0 Å². The Hall–Kier alpha value is -4.51. The highest BCUT2D eigenvalue weighted by Gasteiger charge is 2.34. The van der Waals surface area contributed by atoms with Crippen molar-refractivity contribution >= 4 is 16.8 Å². The van der Waals surface area contributed by atoms with Crippen molar-refractivity contribution in [3.63, 3.8) is 0 Å². The lowest BCUT2D eigenvalue weighted by molar-refractivity contribution is 0.0558. The molecule has 1 N–H and O–H groups in total. The molecule has 5 aromatic rings. The Balaban J connectivity index is 1.38. The number of furan rings is 2. The number of fused-ring (bicyclic) bond motifs is 1. The number of piperazine rings is 1. The molecular formula is C27H27N7O4. The molecule has 1 amide bonds. The second kappa shape index (κ2) is 10.1. The Bertz CT molecular complexity index is 1600. The lowest BCUT2D eigenvalue weighted by Gasteiger charge is -2.38. The lowest BCUT2D eigenvalue weighted by Crippen LogP contribution is -2.50. The molecule has 1 saturated heterocycles. The van der Waals surface area contributed by atoms with E-state index in [9.17, 15) is 9.59 Å². The Morgan fingerprint density at radius 1 is 1.05 bits per heavy atom. The number of nitrogens with one attached hydrogen (secondary N) is 1. The SMILES string of the molecule is CCc1ccc2[nH]c(=O)c([C@@H](c3nnnn3Cc3ccco3)N3CCN(C(=O)c4ccco4)CC3)cc2c1. The highest BCUT2D eigenvalue weighted by atomic mass is 16.3. The van der Waals surface area contributed by atoms with Crippen molar-refractivity contribution in [2.75, 3.05) is 26.2 Å². The Morgan fingerprint density at radius 2 is 1.87 bits per heavy atom. The third-order valence-corrected chi connectivity index (χ3v) is 7.03. The average molecular weight is 514 g/mol. The number of benzene rings is 1. The number of hydrogen-bond donors (Lipinski definition) is 1. The molecule has 0 aliphatic carbocycles. The summed E-state index contributed by atoms with van der Waals surface area (Å²) >= 11 is 0. The molecule has 5 heterocycles. The minimum absolute atomic E-state index is 0.149. The van der Waals surface area contributed by atoms with Crippen molar-refractivity contribution in [2.45, 2.75) is 25.9 Å². The minimum Gasteiger partial charge on any atom is -0.467 e. The normalized spacial score (nSPS) is 15.2. The van der Waals surface area contributed by atoms with E-state index >= 15 is 0 Å². The summed E-state index contributed by atoms with van der Waals surface area (Å²) in [5.74, 6) is 1.40. The second-order valence-electron chi connectivity index (χ2n) is 9.31. The van der Waals surface area contributed by atoms with Gasteiger partial charge < -0.3 is 18.7 Å². The van der Waals surface area contributed by atoms with Gasteiger partial charge in [-0.15, -0.1) is 5.10 Å². The van der Waals surface area contributed by atoms with Crippen LogP contribution in [-0.2, 0) is 13.0 Å². The maximum Gasteiger partial charge on any atom is 0.289 e. The molecule has 1 aliphatic rings. The molecule has 0 bridgehead atoms. The number of rotatable bonds is 7. The number of amides is 1. The summed E-state index contributed by atoms with van der Waals surface area (Å²) in [4.78, 5) is 33.3. The summed E-state index contributed by atoms with van der Waals surface area (Å²) in [7, 11) is 0. The molecule has 6 rings (SSSR count). The summed E-state index contributed by atoms with van der Waals surface area (Å²) in [6, 6.07) is 14.5. The fourth-order valence-electron chi connectivity index (χ4n) is 5.00. The number of nitrogens with zero attached hydrogens (tertiary/aromatic N) is 6. The second-order valence-corrected chi connectivity index (χ2v) is 9.31. The van der Waals surface area contributed by atoms with Crippen molar-refractivity contribution in [2.24, 2.45) is 0 Å². The largest absolute Gasteiger partial charge is 0.467 e. The summed E-state index contributed by atoms with van der Waals surface area (Å²) in [6.45, 7) is 4.42. The summed E-state index contributed by atoms with van der Waals surface area (Å²) in [5, 5.41) is 13.5. The zero-order valence-corrected chi connectivity index (χ0v) is 20.9. The van der Waals surface area contributed by atoms with E-state index in [1.165, 1.54) is 11.8 Å². The quantitative estimate of drug-likeness (QED) is 0.352. The number of H-pyrrole nitrogens is 1. The molecule has 0 saturated carbocycles. The third kappa shape index (κ3) is 4.52. The van der Waals surface area contributed by atoms with E-state index in [2.05, 4.69) is 38.4 Å². The molecule has 0 spiro atoms. The van der Waals surface area contributed by atoms with Crippen molar-refractivity contribution in [3.8, 4) is 0 Å². The number of aromatic nitrogens is 5. The first-order valence-corrected chi connectivity index (χ1v) is 12.6. The number of pyridine rings is 1. The van der Waals surface area contributed by atoms with Crippen LogP contribution in [0.1, 0.15) is 46.2 Å². The number of aromatic amines is 1. The zero-order chi connectivity index (χ0) is 26.1. The first-order valence-electron chi connectivity index (χ1n) is 12.6.